The van der Waals surface area contributed by atoms with Crippen molar-refractivity contribution in [3.8, 4) is 0 Å². The third-order valence-corrected chi connectivity index (χ3v) is 10.1. The number of aliphatic imine (C=N–C) groups is 1. The number of nitrogens with one attached hydrogen (secondary N) is 2. The van der Waals surface area contributed by atoms with Crippen molar-refractivity contribution in [2.24, 2.45) is 22.2 Å². The molecule has 292 valence electrons. The molecule has 2 fully saturated rings. The van der Waals surface area contributed by atoms with E-state index in [1.54, 1.807) is 7.05 Å². The van der Waals surface area contributed by atoms with E-state index in [1.807, 2.05) is 36.4 Å². The molecule has 0 aromatic heterocycles. The van der Waals surface area contributed by atoms with Crippen molar-refractivity contribution in [2.45, 2.75) is 114 Å². The summed E-state index contributed by atoms with van der Waals surface area (Å²) in [5, 5.41) is 5.83. The van der Waals surface area contributed by atoms with Gasteiger partial charge in [-0.15, -0.1) is 0 Å². The fourth-order valence-electron chi connectivity index (χ4n) is 7.19. The van der Waals surface area contributed by atoms with Gasteiger partial charge in [0.05, 0.1) is 6.04 Å². The molecule has 2 saturated heterocycles. The largest absolute Gasteiger partial charge is 0.442 e. The molecule has 8 N–H and O–H groups in total. The smallest absolute Gasteiger partial charge is 0.410 e. The van der Waals surface area contributed by atoms with Gasteiger partial charge in [-0.2, -0.15) is 0 Å². The highest BCUT2D eigenvalue weighted by molar-refractivity contribution is 5.95. The molecule has 0 spiro atoms. The molecule has 53 heavy (non-hydrogen) atoms. The molecule has 3 aliphatic rings. The first-order valence-corrected chi connectivity index (χ1v) is 19.2. The Morgan fingerprint density at radius 3 is 2.32 bits per heavy atom. The Morgan fingerprint density at radius 2 is 1.60 bits per heavy atom. The highest BCUT2D eigenvalue weighted by Crippen LogP contribution is 2.23. The Bertz CT molecular complexity index is 1440. The summed E-state index contributed by atoms with van der Waals surface area (Å²) in [6.07, 6.45) is 12.2. The Labute approximate surface area is 313 Å². The summed E-state index contributed by atoms with van der Waals surface area (Å²) in [4.78, 5) is 75.7. The minimum Gasteiger partial charge on any atom is -0.442 e. The lowest BCUT2D eigenvalue weighted by atomic mass is 10.0. The van der Waals surface area contributed by atoms with Gasteiger partial charge >= 0.3 is 6.09 Å². The minimum atomic E-state index is -0.951. The molecule has 15 nitrogen and oxygen atoms in total. The second-order valence-corrected chi connectivity index (χ2v) is 14.2. The number of guanidine groups is 1. The molecule has 1 aliphatic carbocycles. The lowest BCUT2D eigenvalue weighted by Crippen LogP contribution is -2.57. The molecule has 0 radical (unpaired) electrons. The van der Waals surface area contributed by atoms with Gasteiger partial charge in [0.25, 0.3) is 0 Å². The van der Waals surface area contributed by atoms with Crippen molar-refractivity contribution < 1.29 is 28.7 Å². The predicted molar refractivity (Wildman–Crippen MR) is 202 cm³/mol. The zero-order valence-corrected chi connectivity index (χ0v) is 31.1. The van der Waals surface area contributed by atoms with Crippen molar-refractivity contribution in [2.75, 3.05) is 39.8 Å². The highest BCUT2D eigenvalue weighted by atomic mass is 16.6. The van der Waals surface area contributed by atoms with Crippen molar-refractivity contribution in [3.63, 3.8) is 0 Å². The molecule has 2 heterocycles. The van der Waals surface area contributed by atoms with Crippen molar-refractivity contribution >= 4 is 35.7 Å². The van der Waals surface area contributed by atoms with E-state index in [4.69, 9.17) is 21.9 Å². The van der Waals surface area contributed by atoms with Gasteiger partial charge in [-0.1, -0.05) is 42.8 Å². The first kappa shape index (κ1) is 41.1. The number of nitrogens with zero attached hydrogens (tertiary/aromatic N) is 4. The number of ether oxygens (including phenoxy) is 1. The summed E-state index contributed by atoms with van der Waals surface area (Å²) in [7, 11) is 1.68. The molecule has 0 unspecified atom stereocenters. The van der Waals surface area contributed by atoms with Gasteiger partial charge in [0, 0.05) is 39.8 Å². The van der Waals surface area contributed by atoms with Gasteiger partial charge in [0.1, 0.15) is 24.2 Å². The molecule has 0 saturated carbocycles. The van der Waals surface area contributed by atoms with Crippen molar-refractivity contribution in [1.29, 1.82) is 0 Å². The van der Waals surface area contributed by atoms with Crippen LogP contribution in [-0.4, -0.2) is 120 Å². The topological polar surface area (TPSA) is 219 Å². The maximum Gasteiger partial charge on any atom is 0.410 e. The number of nitrogens with two attached hydrogens (primary N) is 3. The van der Waals surface area contributed by atoms with E-state index in [0.717, 1.165) is 37.7 Å². The second kappa shape index (κ2) is 21.1. The van der Waals surface area contributed by atoms with Crippen LogP contribution in [0.3, 0.4) is 0 Å². The number of benzene rings is 1. The van der Waals surface area contributed by atoms with Crippen LogP contribution in [0.15, 0.2) is 47.5 Å². The predicted octanol–water partition coefficient (Wildman–Crippen LogP) is 1.54. The number of carbonyl (C=O) groups excluding carboxylic acids is 5. The van der Waals surface area contributed by atoms with E-state index in [1.165, 1.54) is 14.7 Å². The van der Waals surface area contributed by atoms with Crippen molar-refractivity contribution in [1.82, 2.24) is 25.3 Å². The Hall–Kier alpha value is -4.66. The van der Waals surface area contributed by atoms with Gasteiger partial charge < -0.3 is 47.3 Å². The van der Waals surface area contributed by atoms with Crippen LogP contribution in [0.25, 0.3) is 0 Å². The maximum atomic E-state index is 14.0. The first-order chi connectivity index (χ1) is 25.5. The SMILES string of the molecule is CN(CCCNC(=O)[C@@H]1CCCN1C(=O)[C@H](CCCN=C(N)N)NC(=O)[C@@H]1CCCN1C(=O)[C@H](N)Cc1ccccc1)C(=O)O[C@@H]1/C=C/CCCCC1. The Balaban J connectivity index is 1.31. The summed E-state index contributed by atoms with van der Waals surface area (Å²) < 4.78 is 5.66. The monoisotopic (exact) mass is 737 g/mol. The fourth-order valence-corrected chi connectivity index (χ4v) is 7.19. The number of rotatable bonds is 16. The Morgan fingerprint density at radius 1 is 0.906 bits per heavy atom. The first-order valence-electron chi connectivity index (χ1n) is 19.2. The molecule has 1 aromatic rings. The van der Waals surface area contributed by atoms with Gasteiger partial charge in [-0.3, -0.25) is 24.2 Å². The third-order valence-electron chi connectivity index (χ3n) is 10.1. The van der Waals surface area contributed by atoms with Crippen LogP contribution in [0.4, 0.5) is 4.79 Å². The van der Waals surface area contributed by atoms with E-state index in [2.05, 4.69) is 21.7 Å². The standard InChI is InChI=1S/C38H59N9O6/c1-45(38(52)53-28-16-8-3-2-4-9-17-28)23-13-22-42-33(48)31-19-11-25-47(31)36(51)30(18-10-21-43-37(40)41)44-34(49)32-20-12-24-46(32)35(50)29(39)26-27-14-6-5-7-15-27/h5-8,14-16,28-32H,2-4,9-13,17-26,39H2,1H3,(H,42,48)(H,44,49)(H4,40,41,43)/b16-8+/t28-,29-,30+,31+,32+/m1/s1. The number of amides is 5. The van der Waals surface area contributed by atoms with Crippen LogP contribution in [0.5, 0.6) is 0 Å². The number of hydrogen-bond donors (Lipinski definition) is 5. The molecule has 5 amide bonds. The molecule has 2 aliphatic heterocycles. The summed E-state index contributed by atoms with van der Waals surface area (Å²) in [5.41, 5.74) is 18.2. The normalized spacial score (nSPS) is 21.7. The van der Waals surface area contributed by atoms with Crippen LogP contribution in [0, 0.1) is 0 Å². The summed E-state index contributed by atoms with van der Waals surface area (Å²) in [6, 6.07) is 6.24. The second-order valence-electron chi connectivity index (χ2n) is 14.2. The average Bonchev–Trinajstić information content (AvgIpc) is 3.83. The van der Waals surface area contributed by atoms with Gasteiger partial charge in [0.15, 0.2) is 5.96 Å². The van der Waals surface area contributed by atoms with E-state index in [9.17, 15) is 24.0 Å². The van der Waals surface area contributed by atoms with E-state index < -0.39 is 36.2 Å². The third kappa shape index (κ3) is 12.8. The molecule has 15 heteroatoms. The quantitative estimate of drug-likeness (QED) is 0.0718. The average molecular weight is 738 g/mol. The highest BCUT2D eigenvalue weighted by Gasteiger charge is 2.40. The summed E-state index contributed by atoms with van der Waals surface area (Å²) in [5.74, 6) is -1.48. The maximum absolute atomic E-state index is 14.0. The molecule has 1 aromatic carbocycles. The Kier molecular flexibility index (Phi) is 16.4. The van der Waals surface area contributed by atoms with Gasteiger partial charge in [-0.05, 0) is 88.7 Å². The molecular weight excluding hydrogens is 678 g/mol. The van der Waals surface area contributed by atoms with Crippen LogP contribution in [0.1, 0.15) is 82.6 Å². The number of allylic oxidation sites excluding steroid dienone is 1. The zero-order valence-electron chi connectivity index (χ0n) is 31.1. The van der Waals surface area contributed by atoms with E-state index >= 15 is 0 Å². The number of likely N-dealkylation sites (tertiary alicyclic amines) is 2. The zero-order chi connectivity index (χ0) is 38.2. The lowest BCUT2D eigenvalue weighted by molar-refractivity contribution is -0.143. The molecular formula is C38H59N9O6. The van der Waals surface area contributed by atoms with E-state index in [-0.39, 0.29) is 42.8 Å². The van der Waals surface area contributed by atoms with Crippen LogP contribution in [-0.2, 0) is 30.3 Å². The molecule has 4 rings (SSSR count). The van der Waals surface area contributed by atoms with Crippen molar-refractivity contribution in [3.05, 3.63) is 48.0 Å². The van der Waals surface area contributed by atoms with Crippen LogP contribution >= 0.6 is 0 Å². The molecule has 5 atom stereocenters. The summed E-state index contributed by atoms with van der Waals surface area (Å²) >= 11 is 0. The number of hydrogen-bond acceptors (Lipinski definition) is 8. The number of carbonyl (C=O) groups is 5. The van der Waals surface area contributed by atoms with Crippen LogP contribution < -0.4 is 27.8 Å². The minimum absolute atomic E-state index is 0.0737. The summed E-state index contributed by atoms with van der Waals surface area (Å²) in [6.45, 7) is 1.72. The fraction of sp³-hybridized carbons (Fsp3) is 0.632. The lowest BCUT2D eigenvalue weighted by Gasteiger charge is -2.31. The van der Waals surface area contributed by atoms with Gasteiger partial charge in [0.2, 0.25) is 23.6 Å². The van der Waals surface area contributed by atoms with Gasteiger partial charge in [-0.25, -0.2) is 4.79 Å². The van der Waals surface area contributed by atoms with E-state index in [0.29, 0.717) is 71.1 Å². The molecule has 0 bridgehead atoms. The van der Waals surface area contributed by atoms with Crippen LogP contribution in [0.2, 0.25) is 0 Å².